The van der Waals surface area contributed by atoms with E-state index in [-0.39, 0.29) is 107 Å². The van der Waals surface area contributed by atoms with Gasteiger partial charge in [-0.25, -0.2) is 44.3 Å². The van der Waals surface area contributed by atoms with Crippen molar-refractivity contribution < 1.29 is 81.4 Å². The molecule has 0 spiro atoms. The highest BCUT2D eigenvalue weighted by atomic mass is 19.2. The van der Waals surface area contributed by atoms with Gasteiger partial charge in [0.15, 0.2) is 6.61 Å². The summed E-state index contributed by atoms with van der Waals surface area (Å²) in [6.07, 6.45) is 8.21. The maximum absolute atomic E-state index is 15.3. The van der Waals surface area contributed by atoms with Crippen molar-refractivity contribution >= 4 is 67.5 Å². The fourth-order valence-electron chi connectivity index (χ4n) is 10.8. The third-order valence-electron chi connectivity index (χ3n) is 14.7. The highest BCUT2D eigenvalue weighted by molar-refractivity contribution is 6.02. The SMILES string of the molecule is CC(=O)Cc1coc2cccc(F)c12.CC(Cc1coc2cccc(F)c12)NCC(C)(C)F.CC(N)Cc1coc2cccc(F)c12.CC1Cc2c(oc3cccc(F)c23)C(c2c(F)cc(/C=C/C(=O)O)cc2F)N1CC(C)(C)F.O=C1COc2cccc(F)c21. The van der Waals surface area contributed by atoms with Crippen molar-refractivity contribution in [1.82, 2.24) is 10.2 Å². The summed E-state index contributed by atoms with van der Waals surface area (Å²) in [5.41, 5.74) is 7.12. The van der Waals surface area contributed by atoms with Gasteiger partial charge in [0.25, 0.3) is 0 Å². The van der Waals surface area contributed by atoms with Crippen LogP contribution in [-0.2, 0) is 35.3 Å². The molecule has 0 bridgehead atoms. The van der Waals surface area contributed by atoms with Crippen molar-refractivity contribution in [1.29, 1.82) is 0 Å². The Kier molecular flexibility index (Phi) is 21.6. The minimum Gasteiger partial charge on any atom is -0.485 e. The molecule has 0 aliphatic carbocycles. The number of carbonyl (C=O) groups excluding carboxylic acids is 2. The second-order valence-corrected chi connectivity index (χ2v) is 23.7. The first-order chi connectivity index (χ1) is 43.0. The first kappa shape index (κ1) is 68.0. The molecule has 0 saturated heterocycles. The summed E-state index contributed by atoms with van der Waals surface area (Å²) in [5, 5.41) is 13.6. The molecular formula is C70H68F9N3O9. The maximum atomic E-state index is 15.3. The summed E-state index contributed by atoms with van der Waals surface area (Å²) >= 11 is 0. The van der Waals surface area contributed by atoms with E-state index >= 15 is 8.78 Å². The Morgan fingerprint density at radius 1 is 0.681 bits per heavy atom. The topological polar surface area (TPSA) is 175 Å². The van der Waals surface area contributed by atoms with E-state index in [9.17, 15) is 45.1 Å². The van der Waals surface area contributed by atoms with Gasteiger partial charge in [-0.1, -0.05) is 30.3 Å². The molecule has 6 heterocycles. The van der Waals surface area contributed by atoms with Crippen LogP contribution in [0.15, 0.2) is 146 Å². The van der Waals surface area contributed by atoms with Crippen LogP contribution in [0.4, 0.5) is 39.5 Å². The van der Waals surface area contributed by atoms with E-state index in [1.54, 1.807) is 72.9 Å². The highest BCUT2D eigenvalue weighted by Crippen LogP contribution is 2.46. The summed E-state index contributed by atoms with van der Waals surface area (Å²) in [5.74, 6) is -4.75. The molecule has 2 aliphatic heterocycles. The number of aliphatic carboxylic acids is 1. The van der Waals surface area contributed by atoms with Crippen molar-refractivity contribution in [2.75, 3.05) is 19.7 Å². The van der Waals surface area contributed by atoms with Crippen LogP contribution in [0, 0.1) is 40.7 Å². The first-order valence-electron chi connectivity index (χ1n) is 29.1. The zero-order valence-corrected chi connectivity index (χ0v) is 51.1. The van der Waals surface area contributed by atoms with Crippen LogP contribution < -0.4 is 15.8 Å². The van der Waals surface area contributed by atoms with Crippen LogP contribution in [-0.4, -0.2) is 76.7 Å². The van der Waals surface area contributed by atoms with Crippen LogP contribution in [0.25, 0.3) is 50.0 Å². The molecule has 4 aromatic heterocycles. The van der Waals surface area contributed by atoms with E-state index in [2.05, 4.69) is 5.32 Å². The van der Waals surface area contributed by atoms with Crippen molar-refractivity contribution in [2.45, 2.75) is 117 Å². The Hall–Kier alpha value is -8.92. The number of nitrogens with zero attached hydrogens (tertiary/aromatic N) is 1. The van der Waals surface area contributed by atoms with Crippen LogP contribution in [0.2, 0.25) is 0 Å². The van der Waals surface area contributed by atoms with Gasteiger partial charge in [-0.3, -0.25) is 14.5 Å². The largest absolute Gasteiger partial charge is 0.485 e. The molecule has 4 atom stereocenters. The molecule has 4 N–H and O–H groups in total. The summed E-state index contributed by atoms with van der Waals surface area (Å²) in [4.78, 5) is 34.2. The molecule has 0 saturated carbocycles. The van der Waals surface area contributed by atoms with Crippen LogP contribution in [0.5, 0.6) is 5.75 Å². The van der Waals surface area contributed by atoms with Gasteiger partial charge in [0.2, 0.25) is 5.78 Å². The lowest BCUT2D eigenvalue weighted by atomic mass is 9.87. The van der Waals surface area contributed by atoms with E-state index in [0.717, 1.165) is 35.4 Å². The lowest BCUT2D eigenvalue weighted by molar-refractivity contribution is -0.131. The van der Waals surface area contributed by atoms with Gasteiger partial charge in [0.05, 0.1) is 45.9 Å². The van der Waals surface area contributed by atoms with Crippen molar-refractivity contribution in [2.24, 2.45) is 5.73 Å². The maximum Gasteiger partial charge on any atom is 0.328 e. The molecule has 4 unspecified atom stereocenters. The lowest BCUT2D eigenvalue weighted by Crippen LogP contribution is -2.48. The number of furan rings is 4. The zero-order valence-electron chi connectivity index (χ0n) is 51.1. The lowest BCUT2D eigenvalue weighted by Gasteiger charge is -2.42. The number of carbonyl (C=O) groups is 3. The molecule has 0 amide bonds. The van der Waals surface area contributed by atoms with Gasteiger partial charge in [-0.15, -0.1) is 0 Å². The fraction of sp³-hybridized carbons (Fsp3) is 0.300. The fourth-order valence-corrected chi connectivity index (χ4v) is 10.8. The van der Waals surface area contributed by atoms with E-state index < -0.39 is 46.6 Å². The standard InChI is InChI=1S/C25H23F4NO3.C15H19F2NO.C11H12FNO.C11H9FO2.C8H5FO2/c1-13-9-15-21-16(26)5-4-6-19(21)33-24(15)23(30(13)12-25(2,3)29)22-17(27)10-14(11-18(22)28)7-8-20(31)32;1-10(18-9-15(2,3)17)7-11-8-19-13-6-4-5-12(16)14(11)13;2*1-7(13)5-8-6-14-10-4-2-3-9(12)11(8)10;9-5-2-1-3-7-8(5)6(10)4-11-7/h4-8,10-11,13,23H,9,12H2,1-3H3,(H,31,32);4-6,8,10,18H,7,9H2,1-3H3;2-4,6-7H,5,13H2,1H3;2-4,6H,5H2,1H3;1-3H,4H2/b8-7+;;;;. The minimum absolute atomic E-state index is 0.00375. The quantitative estimate of drug-likeness (QED) is 0.0695. The van der Waals surface area contributed by atoms with Crippen molar-refractivity contribution in [3.8, 4) is 5.75 Å². The van der Waals surface area contributed by atoms with Gasteiger partial charge in [0.1, 0.15) is 97.7 Å². The Morgan fingerprint density at radius 2 is 1.16 bits per heavy atom. The summed E-state index contributed by atoms with van der Waals surface area (Å²) < 4.78 is 153. The normalized spacial score (nSPS) is 15.4. The number of nitrogens with one attached hydrogen (secondary N) is 1. The zero-order chi connectivity index (χ0) is 66.2. The Labute approximate surface area is 518 Å². The van der Waals surface area contributed by atoms with Gasteiger partial charge in [-0.2, -0.15) is 0 Å². The van der Waals surface area contributed by atoms with Gasteiger partial charge < -0.3 is 38.6 Å². The molecule has 480 valence electrons. The number of hydrogen-bond donors (Lipinski definition) is 3. The average Bonchev–Trinajstić information content (AvgIpc) is 1.66. The number of nitrogens with two attached hydrogens (primary N) is 1. The number of carboxylic acid groups (broad SMARTS) is 1. The minimum atomic E-state index is -1.68. The van der Waals surface area contributed by atoms with Crippen LogP contribution >= 0.6 is 0 Å². The monoisotopic (exact) mass is 1270 g/mol. The van der Waals surface area contributed by atoms with Crippen LogP contribution in [0.1, 0.15) is 111 Å². The number of hydrogen-bond acceptors (Lipinski definition) is 11. The van der Waals surface area contributed by atoms with Crippen molar-refractivity contribution in [3.05, 3.63) is 213 Å². The average molecular weight is 1270 g/mol. The number of ether oxygens (including phenoxy) is 1. The predicted molar refractivity (Wildman–Crippen MR) is 329 cm³/mol. The number of alkyl halides is 2. The number of halogens is 9. The molecule has 12 nitrogen and oxygen atoms in total. The molecular weight excluding hydrogens is 1200 g/mol. The molecule has 91 heavy (non-hydrogen) atoms. The highest BCUT2D eigenvalue weighted by Gasteiger charge is 2.43. The first-order valence-corrected chi connectivity index (χ1v) is 29.1. The second kappa shape index (κ2) is 28.9. The Bertz CT molecular complexity index is 4240. The van der Waals surface area contributed by atoms with Gasteiger partial charge >= 0.3 is 5.97 Å². The smallest absolute Gasteiger partial charge is 0.328 e. The third-order valence-corrected chi connectivity index (χ3v) is 14.7. The Balaban J connectivity index is 0.000000157. The molecule has 2 aliphatic rings. The number of ketones is 2. The van der Waals surface area contributed by atoms with Gasteiger partial charge in [0, 0.05) is 71.5 Å². The summed E-state index contributed by atoms with van der Waals surface area (Å²) in [6.45, 7) is 13.0. The van der Waals surface area contributed by atoms with E-state index in [1.165, 1.54) is 83.3 Å². The molecule has 0 radical (unpaired) electrons. The summed E-state index contributed by atoms with van der Waals surface area (Å²) in [7, 11) is 0. The van der Waals surface area contributed by atoms with Gasteiger partial charge in [-0.05, 0) is 159 Å². The summed E-state index contributed by atoms with van der Waals surface area (Å²) in [6, 6.07) is 23.5. The number of rotatable bonds is 14. The van der Waals surface area contributed by atoms with E-state index in [1.807, 2.05) is 13.8 Å². The molecule has 6 aromatic carbocycles. The Morgan fingerprint density at radius 3 is 1.66 bits per heavy atom. The molecule has 0 fully saturated rings. The van der Waals surface area contributed by atoms with E-state index in [4.69, 9.17) is 33.2 Å². The van der Waals surface area contributed by atoms with Crippen LogP contribution in [0.3, 0.4) is 0 Å². The number of Topliss-reactive ketones (excluding diaryl/α,β-unsaturated/α-hetero) is 2. The van der Waals surface area contributed by atoms with Crippen molar-refractivity contribution in [3.63, 3.8) is 0 Å². The number of carboxylic acids is 1. The molecule has 10 aromatic rings. The molecule has 21 heteroatoms. The molecule has 12 rings (SSSR count). The number of benzene rings is 6. The van der Waals surface area contributed by atoms with E-state index in [0.29, 0.717) is 69.0 Å². The third kappa shape index (κ3) is 16.9. The second-order valence-electron chi connectivity index (χ2n) is 23.7. The number of fused-ring (bicyclic) bond motifs is 7. The predicted octanol–water partition coefficient (Wildman–Crippen LogP) is 16.4.